The van der Waals surface area contributed by atoms with Gasteiger partial charge >= 0.3 is 0 Å². The summed E-state index contributed by atoms with van der Waals surface area (Å²) in [6, 6.07) is 5.43. The molecule has 1 atom stereocenters. The van der Waals surface area contributed by atoms with Gasteiger partial charge in [-0.15, -0.1) is 12.4 Å². The van der Waals surface area contributed by atoms with Crippen molar-refractivity contribution in [2.75, 3.05) is 13.1 Å². The zero-order valence-electron chi connectivity index (χ0n) is 9.71. The smallest absolute Gasteiger partial charge is 0.251 e. The van der Waals surface area contributed by atoms with Gasteiger partial charge in [-0.05, 0) is 53.5 Å². The summed E-state index contributed by atoms with van der Waals surface area (Å²) in [6.45, 7) is 1.89. The first-order valence-electron chi connectivity index (χ1n) is 5.63. The SMILES string of the molecule is Cl.O=C(N[C@H]1CCCNC1)c1ccc(Cl)c(Br)c1. The van der Waals surface area contributed by atoms with Gasteiger partial charge in [-0.3, -0.25) is 4.79 Å². The lowest BCUT2D eigenvalue weighted by atomic mass is 10.1. The average Bonchev–Trinajstić information content (AvgIpc) is 2.34. The second-order valence-electron chi connectivity index (χ2n) is 4.15. The number of amides is 1. The molecule has 1 aliphatic rings. The molecule has 18 heavy (non-hydrogen) atoms. The number of hydrogen-bond donors (Lipinski definition) is 2. The molecule has 0 aromatic heterocycles. The van der Waals surface area contributed by atoms with Crippen LogP contribution in [0.4, 0.5) is 0 Å². The first kappa shape index (κ1) is 15.8. The number of halogens is 3. The zero-order chi connectivity index (χ0) is 12.3. The molecule has 3 nitrogen and oxygen atoms in total. The highest BCUT2D eigenvalue weighted by Crippen LogP contribution is 2.23. The third-order valence-corrected chi connectivity index (χ3v) is 4.03. The van der Waals surface area contributed by atoms with Crippen LogP contribution in [0.15, 0.2) is 22.7 Å². The standard InChI is InChI=1S/C12H14BrClN2O.ClH/c13-10-6-8(3-4-11(10)14)12(17)16-9-2-1-5-15-7-9;/h3-4,6,9,15H,1-2,5,7H2,(H,16,17);1H/t9-;/m0./s1. The van der Waals surface area contributed by atoms with Crippen LogP contribution in [0.2, 0.25) is 5.02 Å². The van der Waals surface area contributed by atoms with Crippen LogP contribution in [0.1, 0.15) is 23.2 Å². The number of carbonyl (C=O) groups is 1. The summed E-state index contributed by atoms with van der Waals surface area (Å²) < 4.78 is 0.744. The van der Waals surface area contributed by atoms with Crippen molar-refractivity contribution < 1.29 is 4.79 Å². The van der Waals surface area contributed by atoms with Crippen LogP contribution >= 0.6 is 39.9 Å². The first-order valence-corrected chi connectivity index (χ1v) is 6.80. The van der Waals surface area contributed by atoms with E-state index < -0.39 is 0 Å². The Bertz CT molecular complexity index is 423. The van der Waals surface area contributed by atoms with Crippen molar-refractivity contribution in [1.29, 1.82) is 0 Å². The zero-order valence-corrected chi connectivity index (χ0v) is 12.9. The Kier molecular flexibility index (Phi) is 6.43. The highest BCUT2D eigenvalue weighted by atomic mass is 79.9. The summed E-state index contributed by atoms with van der Waals surface area (Å²) in [4.78, 5) is 12.0. The first-order chi connectivity index (χ1) is 8.16. The van der Waals surface area contributed by atoms with Crippen LogP contribution in [0, 0.1) is 0 Å². The Balaban J connectivity index is 0.00000162. The van der Waals surface area contributed by atoms with Crippen LogP contribution in [-0.4, -0.2) is 25.0 Å². The lowest BCUT2D eigenvalue weighted by Crippen LogP contribution is -2.45. The molecule has 1 heterocycles. The fourth-order valence-corrected chi connectivity index (χ4v) is 2.38. The van der Waals surface area contributed by atoms with E-state index >= 15 is 0 Å². The largest absolute Gasteiger partial charge is 0.348 e. The molecule has 1 saturated heterocycles. The molecular weight excluding hydrogens is 339 g/mol. The predicted octanol–water partition coefficient (Wildman–Crippen LogP) is 3.01. The van der Waals surface area contributed by atoms with E-state index in [1.807, 2.05) is 0 Å². The van der Waals surface area contributed by atoms with Crippen molar-refractivity contribution in [2.45, 2.75) is 18.9 Å². The Morgan fingerprint density at radius 1 is 1.50 bits per heavy atom. The Morgan fingerprint density at radius 3 is 2.89 bits per heavy atom. The normalized spacial score (nSPS) is 18.9. The van der Waals surface area contributed by atoms with Crippen molar-refractivity contribution in [3.63, 3.8) is 0 Å². The fraction of sp³-hybridized carbons (Fsp3) is 0.417. The van der Waals surface area contributed by atoms with Crippen molar-refractivity contribution in [2.24, 2.45) is 0 Å². The highest BCUT2D eigenvalue weighted by Gasteiger charge is 2.16. The molecule has 0 unspecified atom stereocenters. The molecular formula is C12H15BrCl2N2O. The number of benzene rings is 1. The van der Waals surface area contributed by atoms with Gasteiger partial charge in [0.25, 0.3) is 5.91 Å². The minimum absolute atomic E-state index is 0. The molecule has 0 spiro atoms. The quantitative estimate of drug-likeness (QED) is 0.858. The highest BCUT2D eigenvalue weighted by molar-refractivity contribution is 9.10. The predicted molar refractivity (Wildman–Crippen MR) is 79.8 cm³/mol. The molecule has 1 aromatic carbocycles. The van der Waals surface area contributed by atoms with E-state index in [1.165, 1.54) is 0 Å². The van der Waals surface area contributed by atoms with E-state index in [9.17, 15) is 4.79 Å². The molecule has 1 aromatic rings. The molecule has 2 rings (SSSR count). The van der Waals surface area contributed by atoms with Gasteiger partial charge in [-0.1, -0.05) is 11.6 Å². The number of hydrogen-bond acceptors (Lipinski definition) is 2. The molecule has 6 heteroatoms. The van der Waals surface area contributed by atoms with Gasteiger partial charge in [0.05, 0.1) is 5.02 Å². The van der Waals surface area contributed by atoms with E-state index in [-0.39, 0.29) is 24.4 Å². The second kappa shape index (κ2) is 7.34. The minimum atomic E-state index is -0.0453. The van der Waals surface area contributed by atoms with Gasteiger partial charge in [0.2, 0.25) is 0 Å². The van der Waals surface area contributed by atoms with E-state index in [0.29, 0.717) is 10.6 Å². The maximum Gasteiger partial charge on any atom is 0.251 e. The van der Waals surface area contributed by atoms with Crippen LogP contribution < -0.4 is 10.6 Å². The van der Waals surface area contributed by atoms with Crippen LogP contribution in [0.3, 0.4) is 0 Å². The lowest BCUT2D eigenvalue weighted by molar-refractivity contribution is 0.0930. The maximum atomic E-state index is 12.0. The minimum Gasteiger partial charge on any atom is -0.348 e. The molecule has 1 aliphatic heterocycles. The van der Waals surface area contributed by atoms with Crippen molar-refractivity contribution in [1.82, 2.24) is 10.6 Å². The molecule has 2 N–H and O–H groups in total. The summed E-state index contributed by atoms with van der Waals surface area (Å²) in [5.41, 5.74) is 0.631. The number of rotatable bonds is 2. The lowest BCUT2D eigenvalue weighted by Gasteiger charge is -2.23. The van der Waals surface area contributed by atoms with Gasteiger partial charge in [-0.2, -0.15) is 0 Å². The maximum absolute atomic E-state index is 12.0. The molecule has 0 aliphatic carbocycles. The van der Waals surface area contributed by atoms with E-state index in [4.69, 9.17) is 11.6 Å². The number of carbonyl (C=O) groups excluding carboxylic acids is 1. The molecule has 0 saturated carbocycles. The van der Waals surface area contributed by atoms with E-state index in [0.717, 1.165) is 30.4 Å². The summed E-state index contributed by atoms with van der Waals surface area (Å²) in [7, 11) is 0. The summed E-state index contributed by atoms with van der Waals surface area (Å²) >= 11 is 9.20. The number of nitrogens with one attached hydrogen (secondary N) is 2. The van der Waals surface area contributed by atoms with Crippen LogP contribution in [0.5, 0.6) is 0 Å². The van der Waals surface area contributed by atoms with Crippen molar-refractivity contribution in [3.05, 3.63) is 33.3 Å². The van der Waals surface area contributed by atoms with Gasteiger partial charge in [0.1, 0.15) is 0 Å². The van der Waals surface area contributed by atoms with Crippen molar-refractivity contribution in [3.8, 4) is 0 Å². The van der Waals surface area contributed by atoms with Gasteiger partial charge < -0.3 is 10.6 Å². The Morgan fingerprint density at radius 2 is 2.28 bits per heavy atom. The Hall–Kier alpha value is -0.290. The number of piperidine rings is 1. The monoisotopic (exact) mass is 352 g/mol. The topological polar surface area (TPSA) is 41.1 Å². The summed E-state index contributed by atoms with van der Waals surface area (Å²) in [5.74, 6) is -0.0453. The van der Waals surface area contributed by atoms with Gasteiger partial charge in [0.15, 0.2) is 0 Å². The molecule has 1 amide bonds. The van der Waals surface area contributed by atoms with E-state index in [1.54, 1.807) is 18.2 Å². The molecule has 0 radical (unpaired) electrons. The Labute approximate surface area is 126 Å². The molecule has 1 fully saturated rings. The fourth-order valence-electron chi connectivity index (χ4n) is 1.88. The van der Waals surface area contributed by atoms with Gasteiger partial charge in [-0.25, -0.2) is 0 Å². The molecule has 0 bridgehead atoms. The molecule has 100 valence electrons. The average molecular weight is 354 g/mol. The summed E-state index contributed by atoms with van der Waals surface area (Å²) in [6.07, 6.45) is 2.14. The van der Waals surface area contributed by atoms with Crippen LogP contribution in [0.25, 0.3) is 0 Å². The third-order valence-electron chi connectivity index (χ3n) is 2.81. The van der Waals surface area contributed by atoms with Crippen LogP contribution in [-0.2, 0) is 0 Å². The van der Waals surface area contributed by atoms with Gasteiger partial charge in [0, 0.05) is 22.6 Å². The van der Waals surface area contributed by atoms with E-state index in [2.05, 4.69) is 26.6 Å². The summed E-state index contributed by atoms with van der Waals surface area (Å²) in [5, 5.41) is 6.90. The second-order valence-corrected chi connectivity index (χ2v) is 5.41. The third kappa shape index (κ3) is 4.12. The van der Waals surface area contributed by atoms with Crippen molar-refractivity contribution >= 4 is 45.8 Å².